The normalized spacial score (nSPS) is 14.5. The highest BCUT2D eigenvalue weighted by molar-refractivity contribution is 7.80. The van der Waals surface area contributed by atoms with Gasteiger partial charge in [0.1, 0.15) is 5.69 Å². The summed E-state index contributed by atoms with van der Waals surface area (Å²) >= 11 is 5.32. The second-order valence-corrected chi connectivity index (χ2v) is 8.77. The molecule has 7 nitrogen and oxygen atoms in total. The monoisotopic (exact) mass is 506 g/mol. The SMILES string of the molecule is CC(C)c1ccc(/C=C/C(=O)NC(=S)N2CCN(c3ccc(C(F)(F)F)cc3[N+](=O)[O-])CC2)cc1. The number of halogens is 3. The molecule has 35 heavy (non-hydrogen) atoms. The first-order chi connectivity index (χ1) is 16.5. The number of thiocarbonyl (C=S) groups is 1. The predicted molar refractivity (Wildman–Crippen MR) is 132 cm³/mol. The van der Waals surface area contributed by atoms with E-state index >= 15 is 0 Å². The summed E-state index contributed by atoms with van der Waals surface area (Å²) in [5.41, 5.74) is 0.523. The molecule has 186 valence electrons. The number of anilines is 1. The number of piperazine rings is 1. The zero-order chi connectivity index (χ0) is 25.8. The molecule has 1 fully saturated rings. The van der Waals surface area contributed by atoms with Crippen molar-refractivity contribution in [3.63, 3.8) is 0 Å². The number of hydrogen-bond donors (Lipinski definition) is 1. The van der Waals surface area contributed by atoms with E-state index in [-0.39, 0.29) is 16.7 Å². The lowest BCUT2D eigenvalue weighted by Crippen LogP contribution is -2.52. The van der Waals surface area contributed by atoms with Gasteiger partial charge in [0.25, 0.3) is 5.69 Å². The molecule has 1 saturated heterocycles. The van der Waals surface area contributed by atoms with E-state index < -0.39 is 22.4 Å². The van der Waals surface area contributed by atoms with Crippen molar-refractivity contribution < 1.29 is 22.9 Å². The molecule has 3 rings (SSSR count). The number of alkyl halides is 3. The number of rotatable bonds is 5. The second kappa shape index (κ2) is 10.9. The number of nitrogens with one attached hydrogen (secondary N) is 1. The molecule has 0 aromatic heterocycles. The third-order valence-corrected chi connectivity index (χ3v) is 6.03. The molecule has 0 saturated carbocycles. The average Bonchev–Trinajstić information content (AvgIpc) is 2.82. The molecule has 0 radical (unpaired) electrons. The minimum absolute atomic E-state index is 0.115. The Morgan fingerprint density at radius 1 is 1.11 bits per heavy atom. The van der Waals surface area contributed by atoms with E-state index in [1.807, 2.05) is 24.3 Å². The Bertz CT molecular complexity index is 1130. The summed E-state index contributed by atoms with van der Waals surface area (Å²) in [6, 6.07) is 10.4. The average molecular weight is 507 g/mol. The lowest BCUT2D eigenvalue weighted by Gasteiger charge is -2.36. The van der Waals surface area contributed by atoms with Crippen molar-refractivity contribution in [1.82, 2.24) is 10.2 Å². The van der Waals surface area contributed by atoms with E-state index in [2.05, 4.69) is 19.2 Å². The van der Waals surface area contributed by atoms with Crippen LogP contribution in [0.5, 0.6) is 0 Å². The Morgan fingerprint density at radius 2 is 1.74 bits per heavy atom. The summed E-state index contributed by atoms with van der Waals surface area (Å²) in [7, 11) is 0. The smallest absolute Gasteiger partial charge is 0.362 e. The van der Waals surface area contributed by atoms with Crippen molar-refractivity contribution in [3.8, 4) is 0 Å². The Morgan fingerprint density at radius 3 is 2.29 bits per heavy atom. The largest absolute Gasteiger partial charge is 0.416 e. The number of nitro groups is 1. The van der Waals surface area contributed by atoms with Gasteiger partial charge in [-0.1, -0.05) is 38.1 Å². The van der Waals surface area contributed by atoms with Gasteiger partial charge in [-0.15, -0.1) is 0 Å². The van der Waals surface area contributed by atoms with Crippen molar-refractivity contribution >= 4 is 40.7 Å². The lowest BCUT2D eigenvalue weighted by molar-refractivity contribution is -0.384. The van der Waals surface area contributed by atoms with Crippen LogP contribution in [-0.4, -0.2) is 47.0 Å². The lowest BCUT2D eigenvalue weighted by atomic mass is 10.0. The third kappa shape index (κ3) is 6.78. The fourth-order valence-electron chi connectivity index (χ4n) is 3.65. The standard InChI is InChI=1S/C24H25F3N4O3S/c1-16(2)18-6-3-17(4-7-18)5-10-22(32)28-23(35)30-13-11-29(12-14-30)20-9-8-19(24(25,26)27)15-21(20)31(33)34/h3-10,15-16H,11-14H2,1-2H3,(H,28,32,35)/b10-5+. The molecule has 1 N–H and O–H groups in total. The molecule has 0 unspecified atom stereocenters. The van der Waals surface area contributed by atoms with Crippen molar-refractivity contribution in [2.45, 2.75) is 25.9 Å². The number of nitrogens with zero attached hydrogens (tertiary/aromatic N) is 3. The van der Waals surface area contributed by atoms with Crippen LogP contribution in [0.3, 0.4) is 0 Å². The Hall–Kier alpha value is -3.47. The minimum Gasteiger partial charge on any atom is -0.362 e. The van der Waals surface area contributed by atoms with Crippen LogP contribution in [0.2, 0.25) is 0 Å². The van der Waals surface area contributed by atoms with Crippen LogP contribution in [0.25, 0.3) is 6.08 Å². The highest BCUT2D eigenvalue weighted by Crippen LogP contribution is 2.36. The maximum Gasteiger partial charge on any atom is 0.416 e. The highest BCUT2D eigenvalue weighted by Gasteiger charge is 2.34. The Kier molecular flexibility index (Phi) is 8.11. The summed E-state index contributed by atoms with van der Waals surface area (Å²) in [5, 5.41) is 14.2. The van der Waals surface area contributed by atoms with E-state index in [0.717, 1.165) is 17.7 Å². The summed E-state index contributed by atoms with van der Waals surface area (Å²) in [6.07, 6.45) is -1.60. The van der Waals surface area contributed by atoms with Crippen LogP contribution in [0.1, 0.15) is 36.5 Å². The highest BCUT2D eigenvalue weighted by atomic mass is 32.1. The zero-order valence-electron chi connectivity index (χ0n) is 19.2. The first-order valence-corrected chi connectivity index (χ1v) is 11.3. The number of carbonyl (C=O) groups is 1. The van der Waals surface area contributed by atoms with Gasteiger partial charge in [0.2, 0.25) is 5.91 Å². The van der Waals surface area contributed by atoms with Crippen LogP contribution < -0.4 is 10.2 Å². The fourth-order valence-corrected chi connectivity index (χ4v) is 3.94. The maximum atomic E-state index is 12.9. The molecule has 1 heterocycles. The van der Waals surface area contributed by atoms with Crippen LogP contribution in [-0.2, 0) is 11.0 Å². The molecule has 11 heteroatoms. The molecule has 1 aliphatic heterocycles. The third-order valence-electron chi connectivity index (χ3n) is 5.67. The van der Waals surface area contributed by atoms with Gasteiger partial charge in [-0.3, -0.25) is 20.2 Å². The van der Waals surface area contributed by atoms with Crippen LogP contribution in [0, 0.1) is 10.1 Å². The summed E-state index contributed by atoms with van der Waals surface area (Å²) in [4.78, 5) is 26.2. The Balaban J connectivity index is 1.57. The van der Waals surface area contributed by atoms with E-state index in [0.29, 0.717) is 38.2 Å². The molecule has 2 aromatic rings. The van der Waals surface area contributed by atoms with Gasteiger partial charge < -0.3 is 9.80 Å². The molecule has 1 amide bonds. The fraction of sp³-hybridized carbons (Fsp3) is 0.333. The molecule has 2 aromatic carbocycles. The van der Waals surface area contributed by atoms with Crippen LogP contribution in [0.4, 0.5) is 24.5 Å². The van der Waals surface area contributed by atoms with Gasteiger partial charge in [0, 0.05) is 38.3 Å². The van der Waals surface area contributed by atoms with Gasteiger partial charge in [-0.05, 0) is 47.5 Å². The van der Waals surface area contributed by atoms with Gasteiger partial charge in [0.15, 0.2) is 5.11 Å². The topological polar surface area (TPSA) is 78.7 Å². The summed E-state index contributed by atoms with van der Waals surface area (Å²) < 4.78 is 38.8. The van der Waals surface area contributed by atoms with E-state index in [9.17, 15) is 28.1 Å². The van der Waals surface area contributed by atoms with Gasteiger partial charge in [-0.25, -0.2) is 0 Å². The van der Waals surface area contributed by atoms with Crippen molar-refractivity contribution in [3.05, 3.63) is 75.3 Å². The van der Waals surface area contributed by atoms with Crippen LogP contribution in [0.15, 0.2) is 48.5 Å². The molecular formula is C24H25F3N4O3S. The molecular weight excluding hydrogens is 481 g/mol. The number of carbonyl (C=O) groups excluding carboxylic acids is 1. The summed E-state index contributed by atoms with van der Waals surface area (Å²) in [6.45, 7) is 5.48. The molecule has 0 spiro atoms. The molecule has 0 aliphatic carbocycles. The quantitative estimate of drug-likeness (QED) is 0.267. The molecule has 0 atom stereocenters. The van der Waals surface area contributed by atoms with Gasteiger partial charge in [0.05, 0.1) is 10.5 Å². The van der Waals surface area contributed by atoms with E-state index in [1.54, 1.807) is 15.9 Å². The van der Waals surface area contributed by atoms with Gasteiger partial charge >= 0.3 is 6.18 Å². The first-order valence-electron chi connectivity index (χ1n) is 10.9. The van der Waals surface area contributed by atoms with Crippen molar-refractivity contribution in [1.29, 1.82) is 0 Å². The Labute approximate surface area is 206 Å². The number of nitro benzene ring substituents is 1. The van der Waals surface area contributed by atoms with Gasteiger partial charge in [-0.2, -0.15) is 13.2 Å². The van der Waals surface area contributed by atoms with Crippen molar-refractivity contribution in [2.24, 2.45) is 0 Å². The summed E-state index contributed by atoms with van der Waals surface area (Å²) in [5.74, 6) is 0.0308. The molecule has 0 bridgehead atoms. The first kappa shape index (κ1) is 26.1. The minimum atomic E-state index is -4.67. The number of benzene rings is 2. The predicted octanol–water partition coefficient (Wildman–Crippen LogP) is 4.97. The van der Waals surface area contributed by atoms with E-state index in [4.69, 9.17) is 12.2 Å². The maximum absolute atomic E-state index is 12.9. The van der Waals surface area contributed by atoms with E-state index in [1.165, 1.54) is 11.6 Å². The number of amides is 1. The number of hydrogen-bond acceptors (Lipinski definition) is 5. The second-order valence-electron chi connectivity index (χ2n) is 8.38. The van der Waals surface area contributed by atoms with Crippen molar-refractivity contribution in [2.75, 3.05) is 31.1 Å². The van der Waals surface area contributed by atoms with Crippen LogP contribution >= 0.6 is 12.2 Å². The molecule has 1 aliphatic rings. The zero-order valence-corrected chi connectivity index (χ0v) is 20.0.